The van der Waals surface area contributed by atoms with Crippen LogP contribution < -0.4 is 0 Å². The van der Waals surface area contributed by atoms with Crippen LogP contribution in [0.5, 0.6) is 0 Å². The molecule has 0 unspecified atom stereocenters. The van der Waals surface area contributed by atoms with Gasteiger partial charge >= 0.3 is 12.1 Å². The fraction of sp³-hybridized carbons (Fsp3) is 0.400. The van der Waals surface area contributed by atoms with Gasteiger partial charge in [-0.2, -0.15) is 13.2 Å². The first-order valence-corrected chi connectivity index (χ1v) is 5.51. The standard InChI is InChI=1S/C10H10F3N5O2/c1-17-5-3-14-8(17)7-6(9(19)20)15-16-18(7)4-2-10(11,12)13/h3,5H,2,4H2,1H3,(H,19,20). The Morgan fingerprint density at radius 3 is 2.65 bits per heavy atom. The average Bonchev–Trinajstić information content (AvgIpc) is 2.90. The number of carboxylic acids is 1. The lowest BCUT2D eigenvalue weighted by molar-refractivity contribution is -0.137. The van der Waals surface area contributed by atoms with Crippen LogP contribution in [0.25, 0.3) is 11.5 Å². The summed E-state index contributed by atoms with van der Waals surface area (Å²) in [6, 6.07) is 0. The Morgan fingerprint density at radius 1 is 1.45 bits per heavy atom. The predicted molar refractivity (Wildman–Crippen MR) is 59.9 cm³/mol. The second-order valence-electron chi connectivity index (χ2n) is 4.04. The van der Waals surface area contributed by atoms with Gasteiger partial charge in [-0.05, 0) is 0 Å². The lowest BCUT2D eigenvalue weighted by Gasteiger charge is -2.09. The van der Waals surface area contributed by atoms with Crippen molar-refractivity contribution < 1.29 is 23.1 Å². The van der Waals surface area contributed by atoms with Crippen LogP contribution in [-0.4, -0.2) is 41.8 Å². The summed E-state index contributed by atoms with van der Waals surface area (Å²) >= 11 is 0. The molecule has 20 heavy (non-hydrogen) atoms. The van der Waals surface area contributed by atoms with Gasteiger partial charge in [0.25, 0.3) is 0 Å². The lowest BCUT2D eigenvalue weighted by Crippen LogP contribution is -2.15. The number of aromatic carboxylic acids is 1. The zero-order valence-electron chi connectivity index (χ0n) is 10.3. The van der Waals surface area contributed by atoms with Crippen molar-refractivity contribution in [3.63, 3.8) is 0 Å². The van der Waals surface area contributed by atoms with Crippen molar-refractivity contribution in [2.24, 2.45) is 7.05 Å². The molecule has 2 heterocycles. The summed E-state index contributed by atoms with van der Waals surface area (Å²) in [6.07, 6.45) is -2.55. The number of carboxylic acid groups (broad SMARTS) is 1. The number of imidazole rings is 1. The number of carbonyl (C=O) groups is 1. The molecule has 10 heteroatoms. The quantitative estimate of drug-likeness (QED) is 0.917. The van der Waals surface area contributed by atoms with Crippen molar-refractivity contribution in [2.75, 3.05) is 0 Å². The fourth-order valence-corrected chi connectivity index (χ4v) is 1.66. The zero-order valence-corrected chi connectivity index (χ0v) is 10.3. The van der Waals surface area contributed by atoms with Crippen molar-refractivity contribution in [3.8, 4) is 11.5 Å². The fourth-order valence-electron chi connectivity index (χ4n) is 1.66. The van der Waals surface area contributed by atoms with Crippen LogP contribution >= 0.6 is 0 Å². The Morgan fingerprint density at radius 2 is 2.15 bits per heavy atom. The molecule has 0 spiro atoms. The number of rotatable bonds is 4. The predicted octanol–water partition coefficient (Wildman–Crippen LogP) is 1.33. The second kappa shape index (κ2) is 4.94. The molecular formula is C10H10F3N5O2. The van der Waals surface area contributed by atoms with E-state index in [0.29, 0.717) is 0 Å². The highest BCUT2D eigenvalue weighted by molar-refractivity contribution is 5.91. The van der Waals surface area contributed by atoms with Crippen molar-refractivity contribution in [3.05, 3.63) is 18.1 Å². The van der Waals surface area contributed by atoms with Crippen LogP contribution in [0.2, 0.25) is 0 Å². The van der Waals surface area contributed by atoms with Gasteiger partial charge in [-0.3, -0.25) is 0 Å². The van der Waals surface area contributed by atoms with Crippen LogP contribution in [0.15, 0.2) is 12.4 Å². The number of hydrogen-bond donors (Lipinski definition) is 1. The Kier molecular flexibility index (Phi) is 3.47. The first-order valence-electron chi connectivity index (χ1n) is 5.51. The number of hydrogen-bond acceptors (Lipinski definition) is 4. The zero-order chi connectivity index (χ0) is 14.9. The van der Waals surface area contributed by atoms with Crippen LogP contribution in [0.1, 0.15) is 16.9 Å². The van der Waals surface area contributed by atoms with Crippen molar-refractivity contribution >= 4 is 5.97 Å². The Labute approximate surface area is 110 Å². The molecule has 0 radical (unpaired) electrons. The molecule has 0 bridgehead atoms. The second-order valence-corrected chi connectivity index (χ2v) is 4.04. The van der Waals surface area contributed by atoms with Gasteiger partial charge in [-0.25, -0.2) is 14.5 Å². The van der Waals surface area contributed by atoms with E-state index in [2.05, 4.69) is 15.3 Å². The Bertz CT molecular complexity index is 631. The molecular weight excluding hydrogens is 279 g/mol. The molecule has 2 aromatic rings. The SMILES string of the molecule is Cn1ccnc1-c1c(C(=O)O)nnn1CCC(F)(F)F. The molecule has 7 nitrogen and oxygen atoms in total. The molecule has 0 fully saturated rings. The third-order valence-electron chi connectivity index (χ3n) is 2.58. The van der Waals surface area contributed by atoms with Gasteiger partial charge in [0.1, 0.15) is 5.69 Å². The molecule has 0 amide bonds. The maximum Gasteiger partial charge on any atom is 0.390 e. The molecule has 0 aliphatic rings. The van der Waals surface area contributed by atoms with Crippen LogP contribution in [-0.2, 0) is 13.6 Å². The third kappa shape index (κ3) is 2.78. The maximum atomic E-state index is 12.3. The number of aryl methyl sites for hydroxylation is 2. The molecule has 2 rings (SSSR count). The van der Waals surface area contributed by atoms with Crippen molar-refractivity contribution in [2.45, 2.75) is 19.1 Å². The molecule has 1 N–H and O–H groups in total. The largest absolute Gasteiger partial charge is 0.476 e. The number of nitrogens with zero attached hydrogens (tertiary/aromatic N) is 5. The lowest BCUT2D eigenvalue weighted by atomic mass is 10.3. The van der Waals surface area contributed by atoms with Gasteiger partial charge in [0.2, 0.25) is 5.69 Å². The van der Waals surface area contributed by atoms with Crippen LogP contribution in [0.3, 0.4) is 0 Å². The van der Waals surface area contributed by atoms with Crippen molar-refractivity contribution in [1.29, 1.82) is 0 Å². The van der Waals surface area contributed by atoms with E-state index in [-0.39, 0.29) is 11.5 Å². The highest BCUT2D eigenvalue weighted by Gasteiger charge is 2.29. The monoisotopic (exact) mass is 289 g/mol. The molecule has 0 saturated carbocycles. The topological polar surface area (TPSA) is 85.8 Å². The average molecular weight is 289 g/mol. The van der Waals surface area contributed by atoms with Gasteiger partial charge < -0.3 is 9.67 Å². The van der Waals surface area contributed by atoms with E-state index in [1.54, 1.807) is 13.2 Å². The molecule has 0 saturated heterocycles. The summed E-state index contributed by atoms with van der Waals surface area (Å²) in [4.78, 5) is 15.0. The minimum atomic E-state index is -4.37. The Balaban J connectivity index is 2.44. The molecule has 0 atom stereocenters. The van der Waals surface area contributed by atoms with E-state index in [1.165, 1.54) is 10.8 Å². The van der Waals surface area contributed by atoms with Crippen LogP contribution in [0, 0.1) is 0 Å². The number of aromatic nitrogens is 5. The maximum absolute atomic E-state index is 12.3. The summed E-state index contributed by atoms with van der Waals surface area (Å²) < 4.78 is 39.2. The summed E-state index contributed by atoms with van der Waals surface area (Å²) in [5.41, 5.74) is -0.476. The summed E-state index contributed by atoms with van der Waals surface area (Å²) in [6.45, 7) is -0.522. The minimum Gasteiger partial charge on any atom is -0.476 e. The summed E-state index contributed by atoms with van der Waals surface area (Å²) in [5, 5.41) is 15.9. The smallest absolute Gasteiger partial charge is 0.390 e. The Hall–Kier alpha value is -2.39. The normalized spacial score (nSPS) is 11.8. The van der Waals surface area contributed by atoms with E-state index in [9.17, 15) is 18.0 Å². The number of halogens is 3. The molecule has 0 aromatic carbocycles. The highest BCUT2D eigenvalue weighted by Crippen LogP contribution is 2.24. The first kappa shape index (κ1) is 14.0. The minimum absolute atomic E-state index is 0.0470. The van der Waals surface area contributed by atoms with Gasteiger partial charge in [0, 0.05) is 19.4 Å². The van der Waals surface area contributed by atoms with Crippen LogP contribution in [0.4, 0.5) is 13.2 Å². The van der Waals surface area contributed by atoms with Gasteiger partial charge in [0.15, 0.2) is 5.82 Å². The van der Waals surface area contributed by atoms with E-state index in [0.717, 1.165) is 4.68 Å². The number of alkyl halides is 3. The van der Waals surface area contributed by atoms with E-state index < -0.39 is 30.8 Å². The van der Waals surface area contributed by atoms with Gasteiger partial charge in [-0.15, -0.1) is 5.10 Å². The molecule has 2 aromatic heterocycles. The van der Waals surface area contributed by atoms with E-state index in [1.807, 2.05) is 0 Å². The first-order chi connectivity index (χ1) is 9.29. The third-order valence-corrected chi connectivity index (χ3v) is 2.58. The molecule has 0 aliphatic heterocycles. The van der Waals surface area contributed by atoms with Crippen molar-refractivity contribution in [1.82, 2.24) is 24.5 Å². The summed E-state index contributed by atoms with van der Waals surface area (Å²) in [7, 11) is 1.59. The van der Waals surface area contributed by atoms with Gasteiger partial charge in [-0.1, -0.05) is 5.21 Å². The highest BCUT2D eigenvalue weighted by atomic mass is 19.4. The molecule has 0 aliphatic carbocycles. The van der Waals surface area contributed by atoms with E-state index in [4.69, 9.17) is 5.11 Å². The van der Waals surface area contributed by atoms with Gasteiger partial charge in [0.05, 0.1) is 13.0 Å². The molecule has 108 valence electrons. The van der Waals surface area contributed by atoms with E-state index >= 15 is 0 Å². The summed E-state index contributed by atoms with van der Waals surface area (Å²) in [5.74, 6) is -1.18.